The van der Waals surface area contributed by atoms with Gasteiger partial charge in [0.05, 0.1) is 17.6 Å². The van der Waals surface area contributed by atoms with E-state index in [2.05, 4.69) is 71.1 Å². The van der Waals surface area contributed by atoms with Gasteiger partial charge in [-0.3, -0.25) is 14.4 Å². The van der Waals surface area contributed by atoms with Gasteiger partial charge in [-0.2, -0.15) is 5.10 Å². The number of rotatable bonds is 5. The fourth-order valence-electron chi connectivity index (χ4n) is 4.75. The second-order valence-electron chi connectivity index (χ2n) is 8.52. The van der Waals surface area contributed by atoms with Gasteiger partial charge in [-0.25, -0.2) is 4.98 Å². The molecule has 4 heterocycles. The van der Waals surface area contributed by atoms with Gasteiger partial charge in [0.2, 0.25) is 0 Å². The number of benzene rings is 1. The molecule has 1 saturated heterocycles. The van der Waals surface area contributed by atoms with E-state index in [9.17, 15) is 0 Å². The molecular weight excluding hydrogens is 386 g/mol. The van der Waals surface area contributed by atoms with Crippen LogP contribution in [0.1, 0.15) is 19.3 Å². The van der Waals surface area contributed by atoms with E-state index in [0.717, 1.165) is 47.4 Å². The normalized spacial score (nSPS) is 17.7. The number of hydrogen-bond acceptors (Lipinski definition) is 5. The highest BCUT2D eigenvalue weighted by atomic mass is 15.3. The lowest BCUT2D eigenvalue weighted by Crippen LogP contribution is -2.52. The molecule has 158 valence electrons. The number of imidazole rings is 1. The van der Waals surface area contributed by atoms with Gasteiger partial charge in [-0.1, -0.05) is 6.42 Å². The van der Waals surface area contributed by atoms with E-state index in [1.165, 1.54) is 38.0 Å². The molecule has 1 aliphatic carbocycles. The number of piperazine rings is 1. The van der Waals surface area contributed by atoms with Crippen molar-refractivity contribution in [2.24, 2.45) is 0 Å². The molecule has 0 unspecified atom stereocenters. The molecule has 3 aromatic heterocycles. The Hall–Kier alpha value is -3.32. The lowest BCUT2D eigenvalue weighted by Gasteiger charge is -2.43. The Kier molecular flexibility index (Phi) is 4.61. The molecule has 7 heteroatoms. The summed E-state index contributed by atoms with van der Waals surface area (Å²) in [4.78, 5) is 9.75. The van der Waals surface area contributed by atoms with E-state index in [1.807, 2.05) is 24.8 Å². The molecule has 2 fully saturated rings. The molecule has 1 aliphatic heterocycles. The molecular formula is C24H27N7. The summed E-state index contributed by atoms with van der Waals surface area (Å²) in [5.74, 6) is 0. The van der Waals surface area contributed by atoms with Gasteiger partial charge in [0.25, 0.3) is 0 Å². The Bertz CT molecular complexity index is 1150. The molecule has 0 bridgehead atoms. The molecule has 0 radical (unpaired) electrons. The van der Waals surface area contributed by atoms with Crippen molar-refractivity contribution in [3.05, 3.63) is 61.2 Å². The van der Waals surface area contributed by atoms with Gasteiger partial charge >= 0.3 is 0 Å². The second-order valence-corrected chi connectivity index (χ2v) is 8.52. The molecule has 2 aliphatic rings. The Labute approximate surface area is 181 Å². The number of aromatic nitrogens is 4. The van der Waals surface area contributed by atoms with Crippen molar-refractivity contribution in [3.63, 3.8) is 0 Å². The van der Waals surface area contributed by atoms with E-state index in [1.54, 1.807) is 0 Å². The fourth-order valence-corrected chi connectivity index (χ4v) is 4.75. The summed E-state index contributed by atoms with van der Waals surface area (Å²) in [5, 5.41) is 10.5. The van der Waals surface area contributed by atoms with Gasteiger partial charge in [0, 0.05) is 67.7 Å². The monoisotopic (exact) mass is 413 g/mol. The van der Waals surface area contributed by atoms with Crippen LogP contribution in [0.25, 0.3) is 16.9 Å². The molecule has 31 heavy (non-hydrogen) atoms. The highest BCUT2D eigenvalue weighted by molar-refractivity contribution is 5.78. The van der Waals surface area contributed by atoms with Crippen molar-refractivity contribution in [2.75, 3.05) is 36.4 Å². The number of hydrogen-bond donors (Lipinski definition) is 2. The lowest BCUT2D eigenvalue weighted by molar-refractivity contribution is 0.120. The van der Waals surface area contributed by atoms with Crippen LogP contribution in [0.5, 0.6) is 0 Å². The van der Waals surface area contributed by atoms with E-state index < -0.39 is 0 Å². The van der Waals surface area contributed by atoms with Crippen LogP contribution in [-0.2, 0) is 0 Å². The number of nitrogens with one attached hydrogen (secondary N) is 2. The highest BCUT2D eigenvalue weighted by Gasteiger charge is 2.27. The molecule has 4 aromatic rings. The van der Waals surface area contributed by atoms with Crippen LogP contribution >= 0.6 is 0 Å². The fraction of sp³-hybridized carbons (Fsp3) is 0.333. The summed E-state index contributed by atoms with van der Waals surface area (Å²) >= 11 is 0. The van der Waals surface area contributed by atoms with Gasteiger partial charge in [0.15, 0.2) is 5.65 Å². The van der Waals surface area contributed by atoms with Crippen LogP contribution in [0.2, 0.25) is 0 Å². The summed E-state index contributed by atoms with van der Waals surface area (Å²) < 4.78 is 2.09. The number of fused-ring (bicyclic) bond motifs is 1. The minimum absolute atomic E-state index is 0.855. The van der Waals surface area contributed by atoms with Crippen molar-refractivity contribution in [1.29, 1.82) is 0 Å². The topological polar surface area (TPSA) is 64.5 Å². The number of H-pyrrole nitrogens is 1. The first kappa shape index (κ1) is 18.4. The van der Waals surface area contributed by atoms with Crippen molar-refractivity contribution >= 4 is 22.7 Å². The quantitative estimate of drug-likeness (QED) is 0.515. The third kappa shape index (κ3) is 3.45. The Morgan fingerprint density at radius 1 is 0.968 bits per heavy atom. The van der Waals surface area contributed by atoms with Crippen LogP contribution < -0.4 is 10.2 Å². The van der Waals surface area contributed by atoms with Crippen LogP contribution in [-0.4, -0.2) is 56.7 Å². The van der Waals surface area contributed by atoms with Crippen molar-refractivity contribution in [1.82, 2.24) is 24.5 Å². The molecule has 1 aromatic carbocycles. The van der Waals surface area contributed by atoms with E-state index >= 15 is 0 Å². The van der Waals surface area contributed by atoms with E-state index in [-0.39, 0.29) is 0 Å². The van der Waals surface area contributed by atoms with Gasteiger partial charge in [-0.05, 0) is 49.2 Å². The third-order valence-corrected chi connectivity index (χ3v) is 6.76. The standard InChI is InChI=1S/C24H27N7/c1-2-20(3-1)29-12-14-30(15-13-29)21-6-4-19(5-7-21)28-22-8-9-23(18-16-26-27-17-18)31-11-10-25-24(22)31/h4-11,16-17,20,28H,1-3,12-15H2,(H,26,27). The second kappa shape index (κ2) is 7.74. The zero-order chi connectivity index (χ0) is 20.6. The predicted octanol–water partition coefficient (Wildman–Crippen LogP) is 4.14. The summed E-state index contributed by atoms with van der Waals surface area (Å²) in [6.07, 6.45) is 11.7. The van der Waals surface area contributed by atoms with Crippen LogP contribution in [0.3, 0.4) is 0 Å². The molecule has 2 N–H and O–H groups in total. The summed E-state index contributed by atoms with van der Waals surface area (Å²) in [5.41, 5.74) is 6.35. The largest absolute Gasteiger partial charge is 0.369 e. The average molecular weight is 414 g/mol. The van der Waals surface area contributed by atoms with E-state index in [4.69, 9.17) is 0 Å². The average Bonchev–Trinajstić information content (AvgIpc) is 3.47. The smallest absolute Gasteiger partial charge is 0.161 e. The summed E-state index contributed by atoms with van der Waals surface area (Å²) in [6, 6.07) is 13.8. The molecule has 0 spiro atoms. The molecule has 0 atom stereocenters. The van der Waals surface area contributed by atoms with E-state index in [0.29, 0.717) is 0 Å². The molecule has 7 nitrogen and oxygen atoms in total. The maximum Gasteiger partial charge on any atom is 0.161 e. The van der Waals surface area contributed by atoms with Crippen molar-refractivity contribution < 1.29 is 0 Å². The van der Waals surface area contributed by atoms with Crippen LogP contribution in [0.15, 0.2) is 61.2 Å². The SMILES string of the molecule is c1cn2c(-c3cn[nH]c3)ccc(Nc3ccc(N4CCN(C5CCC5)CC4)cc3)c2n1. The minimum Gasteiger partial charge on any atom is -0.369 e. The molecule has 6 rings (SSSR count). The predicted molar refractivity (Wildman–Crippen MR) is 124 cm³/mol. The first-order chi connectivity index (χ1) is 15.3. The van der Waals surface area contributed by atoms with Crippen molar-refractivity contribution in [3.8, 4) is 11.3 Å². The highest BCUT2D eigenvalue weighted by Crippen LogP contribution is 2.29. The minimum atomic E-state index is 0.855. The number of pyridine rings is 1. The van der Waals surface area contributed by atoms with Crippen LogP contribution in [0, 0.1) is 0 Å². The summed E-state index contributed by atoms with van der Waals surface area (Å²) in [7, 11) is 0. The number of anilines is 3. The zero-order valence-corrected chi connectivity index (χ0v) is 17.5. The Morgan fingerprint density at radius 3 is 2.52 bits per heavy atom. The first-order valence-corrected chi connectivity index (χ1v) is 11.2. The maximum absolute atomic E-state index is 4.57. The Balaban J connectivity index is 1.17. The lowest BCUT2D eigenvalue weighted by atomic mass is 9.91. The molecule has 0 amide bonds. The number of aromatic amines is 1. The maximum atomic E-state index is 4.57. The first-order valence-electron chi connectivity index (χ1n) is 11.2. The van der Waals surface area contributed by atoms with Gasteiger partial charge in [-0.15, -0.1) is 0 Å². The summed E-state index contributed by atoms with van der Waals surface area (Å²) in [6.45, 7) is 4.61. The Morgan fingerprint density at radius 2 is 1.81 bits per heavy atom. The van der Waals surface area contributed by atoms with Crippen molar-refractivity contribution in [2.45, 2.75) is 25.3 Å². The van der Waals surface area contributed by atoms with Crippen LogP contribution in [0.4, 0.5) is 17.1 Å². The zero-order valence-electron chi connectivity index (χ0n) is 17.5. The van der Waals surface area contributed by atoms with Gasteiger partial charge < -0.3 is 10.2 Å². The number of nitrogens with zero attached hydrogens (tertiary/aromatic N) is 5. The molecule has 1 saturated carbocycles. The third-order valence-electron chi connectivity index (χ3n) is 6.76. The van der Waals surface area contributed by atoms with Gasteiger partial charge in [0.1, 0.15) is 0 Å².